The van der Waals surface area contributed by atoms with Crippen LogP contribution in [0.1, 0.15) is 32.4 Å². The average molecular weight is 286 g/mol. The molecule has 0 aliphatic rings. The molecule has 0 atom stereocenters. The first kappa shape index (κ1) is 15.3. The fourth-order valence-corrected chi connectivity index (χ4v) is 2.58. The third-order valence-corrected chi connectivity index (χ3v) is 3.54. The summed E-state index contributed by atoms with van der Waals surface area (Å²) in [5.41, 5.74) is 3.10. The first-order chi connectivity index (χ1) is 9.99. The number of hydrogen-bond donors (Lipinski definition) is 1. The Hall–Kier alpha value is -2.10. The summed E-state index contributed by atoms with van der Waals surface area (Å²) in [6.07, 6.45) is 0.842. The fraction of sp³-hybridized carbons (Fsp3) is 0.412. The van der Waals surface area contributed by atoms with Gasteiger partial charge in [0.05, 0.1) is 5.52 Å². The number of fused-ring (bicyclic) bond motifs is 1. The number of carboxylic acid groups (broad SMARTS) is 1. The highest BCUT2D eigenvalue weighted by molar-refractivity contribution is 5.92. The molecule has 0 saturated heterocycles. The van der Waals surface area contributed by atoms with Crippen molar-refractivity contribution >= 4 is 22.6 Å². The number of para-hydroxylation sites is 1. The van der Waals surface area contributed by atoms with Gasteiger partial charge in [-0.05, 0) is 39.3 Å². The maximum absolute atomic E-state index is 10.7. The van der Waals surface area contributed by atoms with Crippen molar-refractivity contribution in [2.45, 2.75) is 39.7 Å². The van der Waals surface area contributed by atoms with Crippen molar-refractivity contribution in [2.75, 3.05) is 11.4 Å². The number of pyridine rings is 1. The molecule has 0 saturated carbocycles. The average Bonchev–Trinajstić information content (AvgIpc) is 2.42. The van der Waals surface area contributed by atoms with Crippen molar-refractivity contribution in [1.82, 2.24) is 4.98 Å². The topological polar surface area (TPSA) is 53.4 Å². The molecule has 0 radical (unpaired) electrons. The van der Waals surface area contributed by atoms with Crippen LogP contribution in [0, 0.1) is 6.92 Å². The normalized spacial score (nSPS) is 11.0. The standard InChI is InChI=1S/C17H22N2O2/c1-12(2)19(10-6-9-17(20)21)16-11-13(3)18-15-8-5-4-7-14(15)16/h4-5,7-8,11-12H,6,9-10H2,1-3H3,(H,20,21). The lowest BCUT2D eigenvalue weighted by molar-refractivity contribution is -0.137. The highest BCUT2D eigenvalue weighted by Gasteiger charge is 2.15. The number of carbonyl (C=O) groups is 1. The largest absolute Gasteiger partial charge is 0.481 e. The summed E-state index contributed by atoms with van der Waals surface area (Å²) in [5, 5.41) is 9.94. The molecule has 0 amide bonds. The van der Waals surface area contributed by atoms with Crippen molar-refractivity contribution in [3.05, 3.63) is 36.0 Å². The lowest BCUT2D eigenvalue weighted by atomic mass is 10.1. The summed E-state index contributed by atoms with van der Waals surface area (Å²) in [4.78, 5) is 17.6. The van der Waals surface area contributed by atoms with E-state index in [4.69, 9.17) is 5.11 Å². The number of aryl methyl sites for hydroxylation is 1. The molecule has 0 aliphatic carbocycles. The van der Waals surface area contributed by atoms with Crippen LogP contribution in [0.5, 0.6) is 0 Å². The van der Waals surface area contributed by atoms with Gasteiger partial charge < -0.3 is 10.0 Å². The van der Waals surface area contributed by atoms with E-state index >= 15 is 0 Å². The Balaban J connectivity index is 2.37. The molecule has 2 aromatic rings. The number of aliphatic carboxylic acids is 1. The van der Waals surface area contributed by atoms with Crippen molar-refractivity contribution < 1.29 is 9.90 Å². The zero-order chi connectivity index (χ0) is 15.4. The first-order valence-corrected chi connectivity index (χ1v) is 7.34. The molecule has 0 unspecified atom stereocenters. The Kier molecular flexibility index (Phi) is 4.78. The van der Waals surface area contributed by atoms with Crippen LogP contribution in [0.25, 0.3) is 10.9 Å². The molecule has 0 bridgehead atoms. The summed E-state index contributed by atoms with van der Waals surface area (Å²) in [6, 6.07) is 10.5. The van der Waals surface area contributed by atoms with Gasteiger partial charge in [0.1, 0.15) is 0 Å². The maximum atomic E-state index is 10.7. The van der Waals surface area contributed by atoms with Crippen LogP contribution >= 0.6 is 0 Å². The van der Waals surface area contributed by atoms with E-state index in [0.29, 0.717) is 12.5 Å². The summed E-state index contributed by atoms with van der Waals surface area (Å²) in [5.74, 6) is -0.741. The summed E-state index contributed by atoms with van der Waals surface area (Å²) in [6.45, 7) is 6.99. The molecule has 1 aromatic heterocycles. The van der Waals surface area contributed by atoms with Gasteiger partial charge in [0.25, 0.3) is 0 Å². The zero-order valence-corrected chi connectivity index (χ0v) is 12.8. The van der Waals surface area contributed by atoms with E-state index in [2.05, 4.69) is 35.9 Å². The lowest BCUT2D eigenvalue weighted by Gasteiger charge is -2.30. The number of aromatic nitrogens is 1. The van der Waals surface area contributed by atoms with Crippen molar-refractivity contribution in [3.63, 3.8) is 0 Å². The molecule has 0 spiro atoms. The molecular formula is C17H22N2O2. The molecule has 4 heteroatoms. The van der Waals surface area contributed by atoms with Crippen molar-refractivity contribution in [1.29, 1.82) is 0 Å². The third-order valence-electron chi connectivity index (χ3n) is 3.54. The van der Waals surface area contributed by atoms with Gasteiger partial charge in [-0.3, -0.25) is 9.78 Å². The second-order valence-corrected chi connectivity index (χ2v) is 5.58. The second kappa shape index (κ2) is 6.57. The molecule has 0 aliphatic heterocycles. The van der Waals surface area contributed by atoms with Gasteiger partial charge >= 0.3 is 5.97 Å². The Morgan fingerprint density at radius 2 is 2.05 bits per heavy atom. The van der Waals surface area contributed by atoms with Gasteiger partial charge in [0, 0.05) is 35.8 Å². The predicted octanol–water partition coefficient (Wildman–Crippen LogP) is 3.62. The quantitative estimate of drug-likeness (QED) is 0.881. The van der Waals surface area contributed by atoms with Gasteiger partial charge in [-0.2, -0.15) is 0 Å². The van der Waals surface area contributed by atoms with Crippen LogP contribution in [-0.4, -0.2) is 28.6 Å². The number of benzene rings is 1. The summed E-state index contributed by atoms with van der Waals surface area (Å²) >= 11 is 0. The number of anilines is 1. The zero-order valence-electron chi connectivity index (χ0n) is 12.8. The Labute approximate surface area is 125 Å². The van der Waals surface area contributed by atoms with E-state index in [0.717, 1.165) is 28.8 Å². The Bertz CT molecular complexity index is 638. The monoisotopic (exact) mass is 286 g/mol. The van der Waals surface area contributed by atoms with Crippen LogP contribution in [0.15, 0.2) is 30.3 Å². The van der Waals surface area contributed by atoms with Gasteiger partial charge in [-0.1, -0.05) is 18.2 Å². The van der Waals surface area contributed by atoms with E-state index in [-0.39, 0.29) is 6.42 Å². The first-order valence-electron chi connectivity index (χ1n) is 7.34. The van der Waals surface area contributed by atoms with Crippen LogP contribution in [0.4, 0.5) is 5.69 Å². The maximum Gasteiger partial charge on any atom is 0.303 e. The minimum absolute atomic E-state index is 0.200. The minimum Gasteiger partial charge on any atom is -0.481 e. The summed E-state index contributed by atoms with van der Waals surface area (Å²) < 4.78 is 0. The molecule has 21 heavy (non-hydrogen) atoms. The van der Waals surface area contributed by atoms with E-state index in [1.165, 1.54) is 0 Å². The van der Waals surface area contributed by atoms with Crippen molar-refractivity contribution in [2.24, 2.45) is 0 Å². The molecule has 1 aromatic carbocycles. The number of carboxylic acids is 1. The van der Waals surface area contributed by atoms with Crippen LogP contribution in [0.2, 0.25) is 0 Å². The third kappa shape index (κ3) is 3.72. The minimum atomic E-state index is -0.741. The van der Waals surface area contributed by atoms with E-state index in [1.54, 1.807) is 0 Å². The SMILES string of the molecule is Cc1cc(N(CCCC(=O)O)C(C)C)c2ccccc2n1. The fourth-order valence-electron chi connectivity index (χ4n) is 2.58. The highest BCUT2D eigenvalue weighted by atomic mass is 16.4. The van der Waals surface area contributed by atoms with Crippen LogP contribution < -0.4 is 4.90 Å². The Morgan fingerprint density at radius 3 is 2.71 bits per heavy atom. The smallest absolute Gasteiger partial charge is 0.303 e. The van der Waals surface area contributed by atoms with Crippen molar-refractivity contribution in [3.8, 4) is 0 Å². The van der Waals surface area contributed by atoms with E-state index in [9.17, 15) is 4.79 Å². The number of nitrogens with zero attached hydrogens (tertiary/aromatic N) is 2. The Morgan fingerprint density at radius 1 is 1.33 bits per heavy atom. The van der Waals surface area contributed by atoms with Crippen LogP contribution in [0.3, 0.4) is 0 Å². The summed E-state index contributed by atoms with van der Waals surface area (Å²) in [7, 11) is 0. The van der Waals surface area contributed by atoms with Gasteiger partial charge in [0.15, 0.2) is 0 Å². The molecule has 0 fully saturated rings. The van der Waals surface area contributed by atoms with E-state index < -0.39 is 5.97 Å². The molecule has 1 N–H and O–H groups in total. The molecule has 1 heterocycles. The molecule has 2 rings (SSSR count). The molecular weight excluding hydrogens is 264 g/mol. The van der Waals surface area contributed by atoms with Gasteiger partial charge in [0.2, 0.25) is 0 Å². The van der Waals surface area contributed by atoms with Gasteiger partial charge in [-0.25, -0.2) is 0 Å². The molecule has 112 valence electrons. The molecule has 4 nitrogen and oxygen atoms in total. The van der Waals surface area contributed by atoms with E-state index in [1.807, 2.05) is 25.1 Å². The number of hydrogen-bond acceptors (Lipinski definition) is 3. The highest BCUT2D eigenvalue weighted by Crippen LogP contribution is 2.28. The van der Waals surface area contributed by atoms with Crippen LogP contribution in [-0.2, 0) is 4.79 Å². The number of rotatable bonds is 6. The second-order valence-electron chi connectivity index (χ2n) is 5.58. The lowest BCUT2D eigenvalue weighted by Crippen LogP contribution is -2.32. The van der Waals surface area contributed by atoms with Gasteiger partial charge in [-0.15, -0.1) is 0 Å². The predicted molar refractivity (Wildman–Crippen MR) is 85.8 cm³/mol.